The van der Waals surface area contributed by atoms with Crippen molar-refractivity contribution in [2.75, 3.05) is 0 Å². The molecule has 0 unspecified atom stereocenters. The molecule has 0 radical (unpaired) electrons. The number of nitro groups is 1. The van der Waals surface area contributed by atoms with Gasteiger partial charge in [-0.2, -0.15) is 0 Å². The summed E-state index contributed by atoms with van der Waals surface area (Å²) >= 11 is 1.21. The lowest BCUT2D eigenvalue weighted by Gasteiger charge is -2.09. The summed E-state index contributed by atoms with van der Waals surface area (Å²) in [5, 5.41) is 14.1. The standard InChI is InChI=1S/C24H19N3O4S/c1-16-13-19(27(29)30)11-12-20(16)25-24-26-23(28)22(32-24)14-18-9-5-6-10-21(18)31-15-17-7-3-2-4-8-17/h2-14H,15H2,1H3,(H,25,26,28)/b22-14+. The fraction of sp³-hybridized carbons (Fsp3) is 0.0833. The van der Waals surface area contributed by atoms with E-state index >= 15 is 0 Å². The van der Waals surface area contributed by atoms with E-state index in [0.717, 1.165) is 11.1 Å². The average molecular weight is 446 g/mol. The predicted octanol–water partition coefficient (Wildman–Crippen LogP) is 5.37. The van der Waals surface area contributed by atoms with Crippen molar-refractivity contribution in [3.8, 4) is 5.75 Å². The molecule has 1 fully saturated rings. The van der Waals surface area contributed by atoms with Crippen molar-refractivity contribution in [3.05, 3.63) is 105 Å². The first kappa shape index (κ1) is 21.3. The summed E-state index contributed by atoms with van der Waals surface area (Å²) in [5.41, 5.74) is 3.05. The van der Waals surface area contributed by atoms with Gasteiger partial charge in [0, 0.05) is 17.7 Å². The zero-order valence-electron chi connectivity index (χ0n) is 17.1. The molecule has 0 atom stereocenters. The van der Waals surface area contributed by atoms with Crippen LogP contribution in [0.2, 0.25) is 0 Å². The first-order chi connectivity index (χ1) is 15.5. The van der Waals surface area contributed by atoms with E-state index in [2.05, 4.69) is 10.3 Å². The Hall–Kier alpha value is -3.91. The number of amidine groups is 1. The van der Waals surface area contributed by atoms with Crippen LogP contribution in [0.25, 0.3) is 6.08 Å². The van der Waals surface area contributed by atoms with Crippen molar-refractivity contribution in [1.82, 2.24) is 5.32 Å². The van der Waals surface area contributed by atoms with Crippen LogP contribution in [0, 0.1) is 17.0 Å². The molecule has 1 amide bonds. The molecular weight excluding hydrogens is 426 g/mol. The maximum atomic E-state index is 12.5. The number of nitro benzene ring substituents is 1. The summed E-state index contributed by atoms with van der Waals surface area (Å²) in [7, 11) is 0. The predicted molar refractivity (Wildman–Crippen MR) is 126 cm³/mol. The van der Waals surface area contributed by atoms with Crippen molar-refractivity contribution in [3.63, 3.8) is 0 Å². The number of hydrogen-bond acceptors (Lipinski definition) is 6. The zero-order valence-corrected chi connectivity index (χ0v) is 18.0. The molecule has 1 aliphatic heterocycles. The minimum absolute atomic E-state index is 0.00209. The Labute approximate surface area is 189 Å². The fourth-order valence-electron chi connectivity index (χ4n) is 3.08. The molecule has 0 aliphatic carbocycles. The molecule has 7 nitrogen and oxygen atoms in total. The second-order valence-electron chi connectivity index (χ2n) is 7.02. The molecule has 0 aromatic heterocycles. The lowest BCUT2D eigenvalue weighted by atomic mass is 10.2. The molecule has 3 aromatic carbocycles. The summed E-state index contributed by atoms with van der Waals surface area (Å²) in [6.07, 6.45) is 1.77. The Morgan fingerprint density at radius 1 is 1.09 bits per heavy atom. The van der Waals surface area contributed by atoms with Gasteiger partial charge in [-0.3, -0.25) is 14.9 Å². The van der Waals surface area contributed by atoms with Gasteiger partial charge >= 0.3 is 0 Å². The fourth-order valence-corrected chi connectivity index (χ4v) is 3.90. The number of hydrogen-bond donors (Lipinski definition) is 1. The van der Waals surface area contributed by atoms with Crippen molar-refractivity contribution < 1.29 is 14.5 Å². The van der Waals surface area contributed by atoms with Crippen molar-refractivity contribution >= 4 is 40.3 Å². The number of ether oxygens (including phenoxy) is 1. The van der Waals surface area contributed by atoms with E-state index in [1.54, 1.807) is 19.1 Å². The maximum absolute atomic E-state index is 12.5. The first-order valence-electron chi connectivity index (χ1n) is 9.80. The highest BCUT2D eigenvalue weighted by Crippen LogP contribution is 2.32. The third-order valence-electron chi connectivity index (χ3n) is 4.71. The Balaban J connectivity index is 1.53. The number of aryl methyl sites for hydroxylation is 1. The lowest BCUT2D eigenvalue weighted by Crippen LogP contribution is -2.19. The molecule has 8 heteroatoms. The molecule has 0 spiro atoms. The van der Waals surface area contributed by atoms with Crippen molar-refractivity contribution in [2.45, 2.75) is 13.5 Å². The van der Waals surface area contributed by atoms with Crippen LogP contribution >= 0.6 is 11.8 Å². The van der Waals surface area contributed by atoms with E-state index in [1.807, 2.05) is 54.6 Å². The number of nitrogens with one attached hydrogen (secondary N) is 1. The van der Waals surface area contributed by atoms with E-state index < -0.39 is 4.92 Å². The van der Waals surface area contributed by atoms with Crippen LogP contribution in [-0.2, 0) is 11.4 Å². The van der Waals surface area contributed by atoms with E-state index in [1.165, 1.54) is 23.9 Å². The molecule has 1 saturated heterocycles. The lowest BCUT2D eigenvalue weighted by molar-refractivity contribution is -0.384. The van der Waals surface area contributed by atoms with Crippen LogP contribution in [-0.4, -0.2) is 16.0 Å². The van der Waals surface area contributed by atoms with Crippen LogP contribution in [0.15, 0.2) is 82.7 Å². The number of para-hydroxylation sites is 1. The van der Waals surface area contributed by atoms with Crippen molar-refractivity contribution in [1.29, 1.82) is 0 Å². The molecular formula is C24H19N3O4S. The molecule has 1 heterocycles. The van der Waals surface area contributed by atoms with E-state index in [4.69, 9.17) is 4.74 Å². The maximum Gasteiger partial charge on any atom is 0.269 e. The average Bonchev–Trinajstić information content (AvgIpc) is 3.13. The van der Waals surface area contributed by atoms with Gasteiger partial charge in [0.15, 0.2) is 5.17 Å². The highest BCUT2D eigenvalue weighted by molar-refractivity contribution is 8.18. The monoisotopic (exact) mass is 445 g/mol. The second-order valence-corrected chi connectivity index (χ2v) is 8.05. The third-order valence-corrected chi connectivity index (χ3v) is 5.62. The van der Waals surface area contributed by atoms with Gasteiger partial charge in [0.25, 0.3) is 11.6 Å². The summed E-state index contributed by atoms with van der Waals surface area (Å²) < 4.78 is 5.97. The second kappa shape index (κ2) is 9.49. The molecule has 4 rings (SSSR count). The van der Waals surface area contributed by atoms with Gasteiger partial charge in [-0.1, -0.05) is 48.5 Å². The van der Waals surface area contributed by atoms with E-state index in [-0.39, 0.29) is 11.6 Å². The molecule has 32 heavy (non-hydrogen) atoms. The van der Waals surface area contributed by atoms with Crippen molar-refractivity contribution in [2.24, 2.45) is 4.99 Å². The molecule has 1 aliphatic rings. The Bertz CT molecular complexity index is 1240. The summed E-state index contributed by atoms with van der Waals surface area (Å²) in [6, 6.07) is 21.8. The smallest absolute Gasteiger partial charge is 0.269 e. The number of aliphatic imine (C=N–C) groups is 1. The first-order valence-corrected chi connectivity index (χ1v) is 10.6. The topological polar surface area (TPSA) is 93.8 Å². The van der Waals surface area contributed by atoms with Gasteiger partial charge in [0.1, 0.15) is 12.4 Å². The number of benzene rings is 3. The number of nitrogens with zero attached hydrogens (tertiary/aromatic N) is 2. The van der Waals surface area contributed by atoms with E-state index in [9.17, 15) is 14.9 Å². The van der Waals surface area contributed by atoms with Crippen LogP contribution in [0.4, 0.5) is 11.4 Å². The van der Waals surface area contributed by atoms with Gasteiger partial charge < -0.3 is 10.1 Å². The number of thioether (sulfide) groups is 1. The number of carbonyl (C=O) groups excluding carboxylic acids is 1. The minimum atomic E-state index is -0.450. The summed E-state index contributed by atoms with van der Waals surface area (Å²) in [6.45, 7) is 2.16. The van der Waals surface area contributed by atoms with Gasteiger partial charge in [-0.05, 0) is 48.0 Å². The summed E-state index contributed by atoms with van der Waals surface area (Å²) in [5.74, 6) is 0.417. The number of non-ortho nitro benzene ring substituents is 1. The SMILES string of the molecule is Cc1cc([N+](=O)[O-])ccc1N=C1NC(=O)/C(=C\c2ccccc2OCc2ccccc2)S1. The Kier molecular flexibility index (Phi) is 6.32. The van der Waals surface area contributed by atoms with Gasteiger partial charge in [-0.25, -0.2) is 4.99 Å². The van der Waals surface area contributed by atoms with E-state index in [0.29, 0.717) is 33.7 Å². The minimum Gasteiger partial charge on any atom is -0.488 e. The van der Waals surface area contributed by atoms with Gasteiger partial charge in [-0.15, -0.1) is 0 Å². The number of carbonyl (C=O) groups is 1. The van der Waals surface area contributed by atoms with Crippen LogP contribution in [0.3, 0.4) is 0 Å². The van der Waals surface area contributed by atoms with Crippen LogP contribution in [0.1, 0.15) is 16.7 Å². The molecule has 1 N–H and O–H groups in total. The number of amides is 1. The zero-order chi connectivity index (χ0) is 22.5. The number of rotatable bonds is 6. The van der Waals surface area contributed by atoms with Crippen LogP contribution < -0.4 is 10.1 Å². The quantitative estimate of drug-likeness (QED) is 0.313. The molecule has 3 aromatic rings. The summed E-state index contributed by atoms with van der Waals surface area (Å²) in [4.78, 5) is 27.9. The van der Waals surface area contributed by atoms with Crippen LogP contribution in [0.5, 0.6) is 5.75 Å². The molecule has 160 valence electrons. The largest absolute Gasteiger partial charge is 0.488 e. The third kappa shape index (κ3) is 5.04. The van der Waals surface area contributed by atoms with Gasteiger partial charge in [0.05, 0.1) is 15.5 Å². The highest BCUT2D eigenvalue weighted by Gasteiger charge is 2.24. The van der Waals surface area contributed by atoms with Gasteiger partial charge in [0.2, 0.25) is 0 Å². The highest BCUT2D eigenvalue weighted by atomic mass is 32.2. The molecule has 0 saturated carbocycles. The normalized spacial score (nSPS) is 15.7. The Morgan fingerprint density at radius 3 is 2.59 bits per heavy atom. The molecule has 0 bridgehead atoms. The Morgan fingerprint density at radius 2 is 1.84 bits per heavy atom.